The lowest BCUT2D eigenvalue weighted by molar-refractivity contribution is 0.251. The second kappa shape index (κ2) is 6.88. The van der Waals surface area contributed by atoms with Gasteiger partial charge in [-0.15, -0.1) is 10.2 Å². The second-order valence-electron chi connectivity index (χ2n) is 6.67. The molecule has 2 aliphatic carbocycles. The maximum absolute atomic E-state index is 12.1. The van der Waals surface area contributed by atoms with Gasteiger partial charge in [-0.3, -0.25) is 10.4 Å². The Labute approximate surface area is 144 Å². The summed E-state index contributed by atoms with van der Waals surface area (Å²) in [4.78, 5) is 12.1. The first-order valence-corrected chi connectivity index (χ1v) is 9.51. The average Bonchev–Trinajstić information content (AvgIpc) is 3.16. The number of aromatic amines is 1. The number of H-pyrrole nitrogens is 1. The number of aromatic nitrogens is 4. The van der Waals surface area contributed by atoms with Crippen LogP contribution < -0.4 is 10.6 Å². The van der Waals surface area contributed by atoms with Crippen molar-refractivity contribution < 1.29 is 4.79 Å². The summed E-state index contributed by atoms with van der Waals surface area (Å²) in [5.41, 5.74) is 2.22. The Balaban J connectivity index is 1.29. The quantitative estimate of drug-likeness (QED) is 0.772. The summed E-state index contributed by atoms with van der Waals surface area (Å²) in [7, 11) is 0. The van der Waals surface area contributed by atoms with Crippen LogP contribution in [0, 0.1) is 0 Å². The van der Waals surface area contributed by atoms with E-state index < -0.39 is 0 Å². The van der Waals surface area contributed by atoms with Crippen molar-refractivity contribution in [1.82, 2.24) is 25.7 Å². The number of anilines is 1. The highest BCUT2D eigenvalue weighted by molar-refractivity contribution is 7.15. The van der Waals surface area contributed by atoms with E-state index in [1.807, 2.05) is 6.20 Å². The Morgan fingerprint density at radius 3 is 2.79 bits per heavy atom. The summed E-state index contributed by atoms with van der Waals surface area (Å²) >= 11 is 1.49. The number of nitrogens with one attached hydrogen (secondary N) is 3. The van der Waals surface area contributed by atoms with Gasteiger partial charge in [-0.1, -0.05) is 30.6 Å². The summed E-state index contributed by atoms with van der Waals surface area (Å²) in [5.74, 6) is 1.13. The van der Waals surface area contributed by atoms with Crippen LogP contribution in [0.5, 0.6) is 0 Å². The van der Waals surface area contributed by atoms with Crippen molar-refractivity contribution in [2.75, 3.05) is 5.32 Å². The lowest BCUT2D eigenvalue weighted by Crippen LogP contribution is -2.28. The smallest absolute Gasteiger partial charge is 0.321 e. The Bertz CT molecular complexity index is 701. The lowest BCUT2D eigenvalue weighted by Gasteiger charge is -2.18. The minimum atomic E-state index is -0.252. The van der Waals surface area contributed by atoms with Gasteiger partial charge < -0.3 is 5.32 Å². The maximum Gasteiger partial charge on any atom is 0.321 e. The molecule has 2 aliphatic rings. The molecule has 2 fully saturated rings. The van der Waals surface area contributed by atoms with Crippen molar-refractivity contribution in [1.29, 1.82) is 0 Å². The van der Waals surface area contributed by atoms with Gasteiger partial charge >= 0.3 is 6.03 Å². The normalized spacial score (nSPS) is 18.5. The zero-order chi connectivity index (χ0) is 16.4. The Hall–Kier alpha value is -1.96. The highest BCUT2D eigenvalue weighted by Crippen LogP contribution is 2.41. The highest BCUT2D eigenvalue weighted by atomic mass is 32.1. The molecule has 2 heterocycles. The van der Waals surface area contributed by atoms with E-state index in [-0.39, 0.29) is 6.03 Å². The zero-order valence-electron chi connectivity index (χ0n) is 13.5. The molecule has 0 unspecified atom stereocenters. The number of urea groups is 1. The molecular formula is C16H22N6OS. The van der Waals surface area contributed by atoms with Crippen LogP contribution in [0.2, 0.25) is 0 Å². The number of rotatable bonds is 5. The summed E-state index contributed by atoms with van der Waals surface area (Å²) in [6.45, 7) is 0.450. The number of hydrogen-bond donors (Lipinski definition) is 3. The van der Waals surface area contributed by atoms with E-state index in [1.165, 1.54) is 61.8 Å². The Kier molecular flexibility index (Phi) is 4.46. The van der Waals surface area contributed by atoms with Gasteiger partial charge in [-0.2, -0.15) is 5.10 Å². The van der Waals surface area contributed by atoms with Crippen molar-refractivity contribution in [3.05, 3.63) is 22.5 Å². The first-order valence-electron chi connectivity index (χ1n) is 8.70. The van der Waals surface area contributed by atoms with Gasteiger partial charge in [0.15, 0.2) is 0 Å². The van der Waals surface area contributed by atoms with E-state index in [0.29, 0.717) is 23.5 Å². The third-order valence-corrected chi connectivity index (χ3v) is 5.81. The van der Waals surface area contributed by atoms with Crippen molar-refractivity contribution >= 4 is 22.5 Å². The highest BCUT2D eigenvalue weighted by Gasteiger charge is 2.27. The van der Waals surface area contributed by atoms with Crippen LogP contribution in [0.15, 0.2) is 6.20 Å². The van der Waals surface area contributed by atoms with E-state index in [1.54, 1.807) is 0 Å². The molecule has 0 spiro atoms. The molecule has 0 bridgehead atoms. The van der Waals surface area contributed by atoms with E-state index in [0.717, 1.165) is 10.7 Å². The summed E-state index contributed by atoms with van der Waals surface area (Å²) in [6.07, 6.45) is 10.5. The van der Waals surface area contributed by atoms with Crippen LogP contribution in [-0.4, -0.2) is 26.4 Å². The fourth-order valence-corrected chi connectivity index (χ4v) is 4.23. The summed E-state index contributed by atoms with van der Waals surface area (Å²) < 4.78 is 0. The van der Waals surface area contributed by atoms with Crippen LogP contribution in [0.25, 0.3) is 0 Å². The molecule has 8 heteroatoms. The number of amides is 2. The fourth-order valence-electron chi connectivity index (χ4n) is 3.32. The van der Waals surface area contributed by atoms with Crippen molar-refractivity contribution in [3.63, 3.8) is 0 Å². The number of nitrogens with zero attached hydrogens (tertiary/aromatic N) is 3. The Morgan fingerprint density at radius 1 is 1.17 bits per heavy atom. The average molecular weight is 346 g/mol. The van der Waals surface area contributed by atoms with E-state index in [4.69, 9.17) is 0 Å². The van der Waals surface area contributed by atoms with Gasteiger partial charge in [0.05, 0.1) is 18.4 Å². The lowest BCUT2D eigenvalue weighted by atomic mass is 9.90. The molecule has 0 saturated heterocycles. The first kappa shape index (κ1) is 15.6. The summed E-state index contributed by atoms with van der Waals surface area (Å²) in [6, 6.07) is -0.252. The minimum Gasteiger partial charge on any atom is -0.332 e. The predicted molar refractivity (Wildman–Crippen MR) is 92.2 cm³/mol. The van der Waals surface area contributed by atoms with Crippen LogP contribution >= 0.6 is 11.3 Å². The largest absolute Gasteiger partial charge is 0.332 e. The van der Waals surface area contributed by atoms with E-state index in [9.17, 15) is 4.79 Å². The van der Waals surface area contributed by atoms with E-state index in [2.05, 4.69) is 31.0 Å². The minimum absolute atomic E-state index is 0.252. The monoisotopic (exact) mass is 346 g/mol. The predicted octanol–water partition coefficient (Wildman–Crippen LogP) is 3.51. The van der Waals surface area contributed by atoms with Crippen molar-refractivity contribution in [2.45, 2.75) is 63.3 Å². The third-order valence-electron chi connectivity index (χ3n) is 4.81. The number of hydrogen-bond acceptors (Lipinski definition) is 5. The third kappa shape index (κ3) is 3.58. The molecule has 2 amide bonds. The first-order chi connectivity index (χ1) is 11.8. The molecule has 2 aromatic rings. The molecule has 24 heavy (non-hydrogen) atoms. The molecule has 0 atom stereocenters. The second-order valence-corrected chi connectivity index (χ2v) is 7.68. The molecule has 0 aliphatic heterocycles. The van der Waals surface area contributed by atoms with Gasteiger partial charge in [0.2, 0.25) is 5.13 Å². The molecule has 2 aromatic heterocycles. The SMILES string of the molecule is O=C(NCc1[nH]ncc1C1CC1)Nc1nnc(C2CCCCC2)s1. The molecule has 3 N–H and O–H groups in total. The molecule has 2 saturated carbocycles. The molecule has 4 rings (SSSR count). The number of carbonyl (C=O) groups is 1. The van der Waals surface area contributed by atoms with Crippen LogP contribution in [0.3, 0.4) is 0 Å². The molecule has 0 aromatic carbocycles. The van der Waals surface area contributed by atoms with Gasteiger partial charge in [0.1, 0.15) is 5.01 Å². The van der Waals surface area contributed by atoms with Crippen LogP contribution in [0.4, 0.5) is 9.93 Å². The molecule has 7 nitrogen and oxygen atoms in total. The van der Waals surface area contributed by atoms with Gasteiger partial charge in [0.25, 0.3) is 0 Å². The van der Waals surface area contributed by atoms with Crippen molar-refractivity contribution in [2.24, 2.45) is 0 Å². The molecule has 0 radical (unpaired) electrons. The number of carbonyl (C=O) groups excluding carboxylic acids is 1. The van der Waals surface area contributed by atoms with Gasteiger partial charge in [0, 0.05) is 5.92 Å². The van der Waals surface area contributed by atoms with Crippen LogP contribution in [-0.2, 0) is 6.54 Å². The maximum atomic E-state index is 12.1. The van der Waals surface area contributed by atoms with E-state index >= 15 is 0 Å². The topological polar surface area (TPSA) is 95.6 Å². The molecule has 128 valence electrons. The van der Waals surface area contributed by atoms with Crippen molar-refractivity contribution in [3.8, 4) is 0 Å². The van der Waals surface area contributed by atoms with Gasteiger partial charge in [-0.25, -0.2) is 4.79 Å². The summed E-state index contributed by atoms with van der Waals surface area (Å²) in [5, 5.41) is 22.7. The van der Waals surface area contributed by atoms with Gasteiger partial charge in [-0.05, 0) is 37.2 Å². The standard InChI is InChI=1S/C16H22N6OS/c23-15(17-9-13-12(8-18-20-13)10-6-7-10)19-16-22-21-14(24-16)11-4-2-1-3-5-11/h8,10-11H,1-7,9H2,(H,18,20)(H2,17,19,22,23). The van der Waals surface area contributed by atoms with Crippen LogP contribution in [0.1, 0.15) is 73.0 Å². The molecular weight excluding hydrogens is 324 g/mol. The Morgan fingerprint density at radius 2 is 2.00 bits per heavy atom. The fraction of sp³-hybridized carbons (Fsp3) is 0.625. The zero-order valence-corrected chi connectivity index (χ0v) is 14.4.